The van der Waals surface area contributed by atoms with Gasteiger partial charge in [-0.25, -0.2) is 4.98 Å². The van der Waals surface area contributed by atoms with E-state index < -0.39 is 0 Å². The summed E-state index contributed by atoms with van der Waals surface area (Å²) < 4.78 is 5.54. The molecule has 1 fully saturated rings. The first-order chi connectivity index (χ1) is 11.2. The second-order valence-electron chi connectivity index (χ2n) is 5.96. The number of benzene rings is 1. The molecule has 5 nitrogen and oxygen atoms in total. The zero-order valence-corrected chi connectivity index (χ0v) is 13.3. The van der Waals surface area contributed by atoms with Gasteiger partial charge in [-0.15, -0.1) is 0 Å². The maximum absolute atomic E-state index is 12.3. The summed E-state index contributed by atoms with van der Waals surface area (Å²) in [6, 6.07) is 8.10. The number of nitrogens with zero attached hydrogens (tertiary/aromatic N) is 2. The van der Waals surface area contributed by atoms with Crippen LogP contribution < -0.4 is 10.1 Å². The Bertz CT molecular complexity index is 667. The van der Waals surface area contributed by atoms with Gasteiger partial charge in [0.1, 0.15) is 11.4 Å². The van der Waals surface area contributed by atoms with Crippen molar-refractivity contribution in [2.75, 3.05) is 13.7 Å². The van der Waals surface area contributed by atoms with E-state index in [1.165, 1.54) is 30.8 Å². The molecule has 0 radical (unpaired) electrons. The predicted octanol–water partition coefficient (Wildman–Crippen LogP) is 2.73. The molecule has 0 atom stereocenters. The fourth-order valence-corrected chi connectivity index (χ4v) is 3.43. The molecule has 1 aromatic carbocycles. The molecule has 1 aliphatic carbocycles. The molecule has 0 aliphatic heterocycles. The van der Waals surface area contributed by atoms with Crippen LogP contribution in [0.4, 0.5) is 0 Å². The van der Waals surface area contributed by atoms with Gasteiger partial charge in [0.2, 0.25) is 0 Å². The first kappa shape index (κ1) is 15.5. The standard InChI is InChI=1S/C18H21N3O2/c1-23-16-7-3-2-6-14(16)18(8-4-5-9-18)13-21-17(22)15-12-19-10-11-20-15/h2-3,6-7,10-12H,4-5,8-9,13H2,1H3,(H,21,22). The first-order valence-electron chi connectivity index (χ1n) is 7.93. The number of methoxy groups -OCH3 is 1. The normalized spacial score (nSPS) is 16.0. The summed E-state index contributed by atoms with van der Waals surface area (Å²) in [7, 11) is 1.69. The maximum Gasteiger partial charge on any atom is 0.271 e. The van der Waals surface area contributed by atoms with E-state index in [1.807, 2.05) is 18.2 Å². The average molecular weight is 311 g/mol. The zero-order chi connectivity index (χ0) is 16.1. The number of carbonyl (C=O) groups is 1. The van der Waals surface area contributed by atoms with E-state index in [0.717, 1.165) is 18.6 Å². The predicted molar refractivity (Wildman–Crippen MR) is 87.5 cm³/mol. The number of nitrogens with one attached hydrogen (secondary N) is 1. The van der Waals surface area contributed by atoms with E-state index in [1.54, 1.807) is 13.3 Å². The van der Waals surface area contributed by atoms with Crippen LogP contribution in [0.15, 0.2) is 42.9 Å². The lowest BCUT2D eigenvalue weighted by Gasteiger charge is -2.31. The van der Waals surface area contributed by atoms with Crippen LogP contribution in [0, 0.1) is 0 Å². The van der Waals surface area contributed by atoms with E-state index in [9.17, 15) is 4.79 Å². The van der Waals surface area contributed by atoms with Crippen LogP contribution in [-0.4, -0.2) is 29.5 Å². The molecule has 0 bridgehead atoms. The zero-order valence-electron chi connectivity index (χ0n) is 13.3. The number of rotatable bonds is 5. The molecule has 1 saturated carbocycles. The molecule has 120 valence electrons. The highest BCUT2D eigenvalue weighted by Gasteiger charge is 2.38. The Kier molecular flexibility index (Phi) is 4.55. The number of carbonyl (C=O) groups excluding carboxylic acids is 1. The van der Waals surface area contributed by atoms with Gasteiger partial charge in [0.05, 0.1) is 13.3 Å². The summed E-state index contributed by atoms with van der Waals surface area (Å²) >= 11 is 0. The van der Waals surface area contributed by atoms with Crippen molar-refractivity contribution in [3.63, 3.8) is 0 Å². The molecule has 1 aliphatic rings. The van der Waals surface area contributed by atoms with Crippen molar-refractivity contribution >= 4 is 5.91 Å². The third kappa shape index (κ3) is 3.18. The minimum absolute atomic E-state index is 0.0650. The van der Waals surface area contributed by atoms with Gasteiger partial charge in [-0.2, -0.15) is 0 Å². The molecular formula is C18H21N3O2. The fraction of sp³-hybridized carbons (Fsp3) is 0.389. The minimum Gasteiger partial charge on any atom is -0.496 e. The van der Waals surface area contributed by atoms with Crippen molar-refractivity contribution in [2.24, 2.45) is 0 Å². The minimum atomic E-state index is -0.181. The Hall–Kier alpha value is -2.43. The Balaban J connectivity index is 1.81. The maximum atomic E-state index is 12.3. The molecule has 5 heteroatoms. The largest absolute Gasteiger partial charge is 0.496 e. The lowest BCUT2D eigenvalue weighted by molar-refractivity contribution is 0.0937. The number of para-hydroxylation sites is 1. The Labute approximate surface area is 136 Å². The van der Waals surface area contributed by atoms with Gasteiger partial charge >= 0.3 is 0 Å². The molecule has 1 aromatic heterocycles. The van der Waals surface area contributed by atoms with Crippen molar-refractivity contribution in [1.29, 1.82) is 0 Å². The molecule has 2 aromatic rings. The van der Waals surface area contributed by atoms with Crippen molar-refractivity contribution in [3.05, 3.63) is 54.1 Å². The van der Waals surface area contributed by atoms with E-state index >= 15 is 0 Å². The molecule has 1 heterocycles. The summed E-state index contributed by atoms with van der Waals surface area (Å²) in [5, 5.41) is 3.03. The van der Waals surface area contributed by atoms with Crippen LogP contribution in [-0.2, 0) is 5.41 Å². The Morgan fingerprint density at radius 3 is 2.74 bits per heavy atom. The van der Waals surface area contributed by atoms with Crippen molar-refractivity contribution in [1.82, 2.24) is 15.3 Å². The Morgan fingerprint density at radius 2 is 2.04 bits per heavy atom. The molecule has 3 rings (SSSR count). The number of ether oxygens (including phenoxy) is 1. The third-order valence-electron chi connectivity index (χ3n) is 4.62. The monoisotopic (exact) mass is 311 g/mol. The van der Waals surface area contributed by atoms with Crippen molar-refractivity contribution in [3.8, 4) is 5.75 Å². The molecule has 1 amide bonds. The van der Waals surface area contributed by atoms with Crippen molar-refractivity contribution in [2.45, 2.75) is 31.1 Å². The second-order valence-corrected chi connectivity index (χ2v) is 5.96. The van der Waals surface area contributed by atoms with Gasteiger partial charge in [0.25, 0.3) is 5.91 Å². The molecule has 1 N–H and O–H groups in total. The van der Waals surface area contributed by atoms with Crippen LogP contribution in [0.2, 0.25) is 0 Å². The first-order valence-corrected chi connectivity index (χ1v) is 7.93. The molecular weight excluding hydrogens is 290 g/mol. The van der Waals surface area contributed by atoms with Gasteiger partial charge in [-0.1, -0.05) is 31.0 Å². The van der Waals surface area contributed by atoms with Crippen LogP contribution in [0.5, 0.6) is 5.75 Å². The summed E-state index contributed by atoms with van der Waals surface area (Å²) in [4.78, 5) is 20.3. The lowest BCUT2D eigenvalue weighted by atomic mass is 9.78. The van der Waals surface area contributed by atoms with E-state index in [4.69, 9.17) is 4.74 Å². The summed E-state index contributed by atoms with van der Waals surface area (Å²) in [5.41, 5.74) is 1.46. The fourth-order valence-electron chi connectivity index (χ4n) is 3.43. The highest BCUT2D eigenvalue weighted by Crippen LogP contribution is 2.44. The number of amides is 1. The SMILES string of the molecule is COc1ccccc1C1(CNC(=O)c2cnccn2)CCCC1. The molecule has 0 saturated heterocycles. The second kappa shape index (κ2) is 6.77. The van der Waals surface area contributed by atoms with Crippen LogP contribution in [0.1, 0.15) is 41.7 Å². The van der Waals surface area contributed by atoms with Gasteiger partial charge in [-0.05, 0) is 18.9 Å². The number of aromatic nitrogens is 2. The molecule has 0 spiro atoms. The summed E-state index contributed by atoms with van der Waals surface area (Å²) in [6.07, 6.45) is 9.00. The van der Waals surface area contributed by atoms with Gasteiger partial charge in [0.15, 0.2) is 0 Å². The number of hydrogen-bond acceptors (Lipinski definition) is 4. The Morgan fingerprint density at radius 1 is 1.26 bits per heavy atom. The molecule has 0 unspecified atom stereocenters. The quantitative estimate of drug-likeness (QED) is 0.922. The van der Waals surface area contributed by atoms with E-state index in [2.05, 4.69) is 21.4 Å². The third-order valence-corrected chi connectivity index (χ3v) is 4.62. The molecule has 23 heavy (non-hydrogen) atoms. The summed E-state index contributed by atoms with van der Waals surface area (Å²) in [5.74, 6) is 0.711. The van der Waals surface area contributed by atoms with Crippen LogP contribution in [0.3, 0.4) is 0 Å². The topological polar surface area (TPSA) is 64.1 Å². The van der Waals surface area contributed by atoms with Gasteiger partial charge < -0.3 is 10.1 Å². The average Bonchev–Trinajstić information content (AvgIpc) is 3.10. The smallest absolute Gasteiger partial charge is 0.271 e. The summed E-state index contributed by atoms with van der Waals surface area (Å²) in [6.45, 7) is 0.586. The van der Waals surface area contributed by atoms with E-state index in [0.29, 0.717) is 12.2 Å². The van der Waals surface area contributed by atoms with Crippen molar-refractivity contribution < 1.29 is 9.53 Å². The van der Waals surface area contributed by atoms with E-state index in [-0.39, 0.29) is 11.3 Å². The van der Waals surface area contributed by atoms with Gasteiger partial charge in [-0.3, -0.25) is 9.78 Å². The number of hydrogen-bond donors (Lipinski definition) is 1. The highest BCUT2D eigenvalue weighted by molar-refractivity contribution is 5.91. The van der Waals surface area contributed by atoms with Crippen LogP contribution in [0.25, 0.3) is 0 Å². The highest BCUT2D eigenvalue weighted by atomic mass is 16.5. The van der Waals surface area contributed by atoms with Crippen LogP contribution >= 0.6 is 0 Å². The van der Waals surface area contributed by atoms with Gasteiger partial charge in [0, 0.05) is 29.9 Å². The lowest BCUT2D eigenvalue weighted by Crippen LogP contribution is -2.39.